The highest BCUT2D eigenvalue weighted by Gasteiger charge is 2.27. The normalized spacial score (nSPS) is 13.5. The SMILES string of the molecule is COc1ccc(OC)c(C2=CC(=O)c3ccccc3C2=O)c1. The van der Waals surface area contributed by atoms with Gasteiger partial charge in [0.15, 0.2) is 11.6 Å². The Hall–Kier alpha value is -2.88. The number of rotatable bonds is 3. The Morgan fingerprint density at radius 1 is 0.818 bits per heavy atom. The van der Waals surface area contributed by atoms with E-state index in [0.29, 0.717) is 33.8 Å². The van der Waals surface area contributed by atoms with E-state index in [4.69, 9.17) is 9.47 Å². The molecule has 3 rings (SSSR count). The van der Waals surface area contributed by atoms with Gasteiger partial charge in [0.1, 0.15) is 11.5 Å². The Labute approximate surface area is 128 Å². The first-order valence-electron chi connectivity index (χ1n) is 6.78. The van der Waals surface area contributed by atoms with E-state index in [1.807, 2.05) is 0 Å². The number of fused-ring (bicyclic) bond motifs is 1. The average molecular weight is 294 g/mol. The van der Waals surface area contributed by atoms with Crippen molar-refractivity contribution in [2.24, 2.45) is 0 Å². The fraction of sp³-hybridized carbons (Fsp3) is 0.111. The van der Waals surface area contributed by atoms with Gasteiger partial charge in [0.2, 0.25) is 0 Å². The maximum absolute atomic E-state index is 12.7. The van der Waals surface area contributed by atoms with Gasteiger partial charge in [-0.05, 0) is 24.3 Å². The molecule has 2 aromatic carbocycles. The number of ether oxygens (including phenoxy) is 2. The van der Waals surface area contributed by atoms with Crippen molar-refractivity contribution in [3.05, 3.63) is 65.2 Å². The zero-order valence-electron chi connectivity index (χ0n) is 12.3. The molecule has 0 amide bonds. The van der Waals surface area contributed by atoms with E-state index in [1.54, 1.807) is 49.6 Å². The van der Waals surface area contributed by atoms with Crippen LogP contribution in [0.4, 0.5) is 0 Å². The Kier molecular flexibility index (Phi) is 3.51. The van der Waals surface area contributed by atoms with Crippen LogP contribution >= 0.6 is 0 Å². The van der Waals surface area contributed by atoms with Gasteiger partial charge in [-0.1, -0.05) is 24.3 Å². The van der Waals surface area contributed by atoms with Gasteiger partial charge in [-0.25, -0.2) is 0 Å². The molecule has 0 aliphatic heterocycles. The number of hydrogen-bond donors (Lipinski definition) is 0. The number of ketones is 2. The lowest BCUT2D eigenvalue weighted by atomic mass is 9.86. The molecule has 0 radical (unpaired) electrons. The summed E-state index contributed by atoms with van der Waals surface area (Å²) in [6.45, 7) is 0. The van der Waals surface area contributed by atoms with Crippen molar-refractivity contribution >= 4 is 17.1 Å². The fourth-order valence-corrected chi connectivity index (χ4v) is 2.54. The number of methoxy groups -OCH3 is 2. The lowest BCUT2D eigenvalue weighted by Crippen LogP contribution is -2.16. The highest BCUT2D eigenvalue weighted by molar-refractivity contribution is 6.39. The minimum Gasteiger partial charge on any atom is -0.497 e. The summed E-state index contributed by atoms with van der Waals surface area (Å²) in [5, 5.41) is 0. The predicted molar refractivity (Wildman–Crippen MR) is 82.6 cm³/mol. The molecule has 0 aromatic heterocycles. The summed E-state index contributed by atoms with van der Waals surface area (Å²) in [6.07, 6.45) is 1.36. The van der Waals surface area contributed by atoms with Gasteiger partial charge in [0.05, 0.1) is 14.2 Å². The second-order valence-electron chi connectivity index (χ2n) is 4.86. The summed E-state index contributed by atoms with van der Waals surface area (Å²) in [5.74, 6) is 0.736. The number of allylic oxidation sites excluding steroid dienone is 2. The smallest absolute Gasteiger partial charge is 0.194 e. The number of hydrogen-bond acceptors (Lipinski definition) is 4. The molecule has 0 saturated heterocycles. The molecule has 0 atom stereocenters. The molecule has 0 spiro atoms. The van der Waals surface area contributed by atoms with Gasteiger partial charge in [0.25, 0.3) is 0 Å². The molecule has 0 N–H and O–H groups in total. The average Bonchev–Trinajstić information content (AvgIpc) is 2.57. The van der Waals surface area contributed by atoms with Crippen LogP contribution in [0.25, 0.3) is 5.57 Å². The van der Waals surface area contributed by atoms with E-state index in [2.05, 4.69) is 0 Å². The zero-order chi connectivity index (χ0) is 15.7. The molecule has 1 aliphatic rings. The molecule has 0 unspecified atom stereocenters. The maximum Gasteiger partial charge on any atom is 0.194 e. The fourth-order valence-electron chi connectivity index (χ4n) is 2.54. The summed E-state index contributed by atoms with van der Waals surface area (Å²) in [4.78, 5) is 25.0. The first-order valence-corrected chi connectivity index (χ1v) is 6.78. The second-order valence-corrected chi connectivity index (χ2v) is 4.86. The van der Waals surface area contributed by atoms with Gasteiger partial charge in [-0.2, -0.15) is 0 Å². The van der Waals surface area contributed by atoms with Crippen molar-refractivity contribution in [1.82, 2.24) is 0 Å². The monoisotopic (exact) mass is 294 g/mol. The van der Waals surface area contributed by atoms with Crippen molar-refractivity contribution in [3.8, 4) is 11.5 Å². The molecule has 0 saturated carbocycles. The second kappa shape index (κ2) is 5.48. The molecule has 4 heteroatoms. The van der Waals surface area contributed by atoms with Gasteiger partial charge >= 0.3 is 0 Å². The standard InChI is InChI=1S/C18H14O4/c1-21-11-7-8-17(22-2)14(9-11)15-10-16(19)12-5-3-4-6-13(12)18(15)20/h3-10H,1-2H3. The minimum atomic E-state index is -0.193. The summed E-state index contributed by atoms with van der Waals surface area (Å²) in [6, 6.07) is 12.0. The predicted octanol–water partition coefficient (Wildman–Crippen LogP) is 3.17. The highest BCUT2D eigenvalue weighted by Crippen LogP contribution is 2.35. The van der Waals surface area contributed by atoms with Gasteiger partial charge in [-0.3, -0.25) is 9.59 Å². The molecule has 0 bridgehead atoms. The Balaban J connectivity index is 2.18. The van der Waals surface area contributed by atoms with E-state index in [0.717, 1.165) is 0 Å². The lowest BCUT2D eigenvalue weighted by molar-refractivity contribution is 0.100. The van der Waals surface area contributed by atoms with Crippen LogP contribution in [-0.2, 0) is 0 Å². The lowest BCUT2D eigenvalue weighted by Gasteiger charge is -2.17. The number of carbonyl (C=O) groups is 2. The minimum absolute atomic E-state index is 0.185. The van der Waals surface area contributed by atoms with E-state index in [1.165, 1.54) is 13.2 Å². The largest absolute Gasteiger partial charge is 0.497 e. The summed E-state index contributed by atoms with van der Waals surface area (Å²) in [7, 11) is 3.07. The van der Waals surface area contributed by atoms with Crippen LogP contribution in [0.1, 0.15) is 26.3 Å². The molecule has 2 aromatic rings. The molecule has 1 aliphatic carbocycles. The highest BCUT2D eigenvalue weighted by atomic mass is 16.5. The van der Waals surface area contributed by atoms with Crippen molar-refractivity contribution in [3.63, 3.8) is 0 Å². The number of carbonyl (C=O) groups excluding carboxylic acids is 2. The van der Waals surface area contributed by atoms with E-state index in [-0.39, 0.29) is 11.6 Å². The Morgan fingerprint density at radius 2 is 1.55 bits per heavy atom. The molecule has 22 heavy (non-hydrogen) atoms. The van der Waals surface area contributed by atoms with Crippen LogP contribution in [0.5, 0.6) is 11.5 Å². The van der Waals surface area contributed by atoms with Crippen molar-refractivity contribution in [2.45, 2.75) is 0 Å². The first-order chi connectivity index (χ1) is 10.7. The maximum atomic E-state index is 12.7. The third kappa shape index (κ3) is 2.19. The van der Waals surface area contributed by atoms with E-state index >= 15 is 0 Å². The van der Waals surface area contributed by atoms with Crippen LogP contribution in [0.2, 0.25) is 0 Å². The zero-order valence-corrected chi connectivity index (χ0v) is 12.3. The third-order valence-electron chi connectivity index (χ3n) is 3.65. The molecule has 4 nitrogen and oxygen atoms in total. The molecular formula is C18H14O4. The number of benzene rings is 2. The van der Waals surface area contributed by atoms with Gasteiger partial charge in [-0.15, -0.1) is 0 Å². The van der Waals surface area contributed by atoms with E-state index < -0.39 is 0 Å². The molecule has 0 heterocycles. The van der Waals surface area contributed by atoms with Crippen LogP contribution in [0, 0.1) is 0 Å². The van der Waals surface area contributed by atoms with Crippen LogP contribution < -0.4 is 9.47 Å². The molecule has 0 fully saturated rings. The van der Waals surface area contributed by atoms with Gasteiger partial charge in [0, 0.05) is 22.3 Å². The van der Waals surface area contributed by atoms with Crippen molar-refractivity contribution < 1.29 is 19.1 Å². The topological polar surface area (TPSA) is 52.6 Å². The number of Topliss-reactive ketones (excluding diaryl/α,β-unsaturated/α-hetero) is 1. The Bertz CT molecular complexity index is 802. The van der Waals surface area contributed by atoms with Crippen LogP contribution in [0.3, 0.4) is 0 Å². The summed E-state index contributed by atoms with van der Waals surface area (Å²) < 4.78 is 10.5. The third-order valence-corrected chi connectivity index (χ3v) is 3.65. The Morgan fingerprint density at radius 3 is 2.23 bits per heavy atom. The summed E-state index contributed by atoms with van der Waals surface area (Å²) in [5.41, 5.74) is 1.71. The summed E-state index contributed by atoms with van der Waals surface area (Å²) >= 11 is 0. The molecule has 110 valence electrons. The van der Waals surface area contributed by atoms with Crippen molar-refractivity contribution in [1.29, 1.82) is 0 Å². The van der Waals surface area contributed by atoms with Crippen LogP contribution in [-0.4, -0.2) is 25.8 Å². The quantitative estimate of drug-likeness (QED) is 0.872. The van der Waals surface area contributed by atoms with Crippen LogP contribution in [0.15, 0.2) is 48.5 Å². The van der Waals surface area contributed by atoms with E-state index in [9.17, 15) is 9.59 Å². The van der Waals surface area contributed by atoms with Crippen molar-refractivity contribution in [2.75, 3.05) is 14.2 Å². The van der Waals surface area contributed by atoms with Gasteiger partial charge < -0.3 is 9.47 Å². The molecular weight excluding hydrogens is 280 g/mol. The first kappa shape index (κ1) is 14.1.